The van der Waals surface area contributed by atoms with E-state index in [4.69, 9.17) is 4.74 Å². The zero-order valence-corrected chi connectivity index (χ0v) is 18.0. The van der Waals surface area contributed by atoms with Gasteiger partial charge in [-0.1, -0.05) is 63.1 Å². The number of halogens is 3. The quantitative estimate of drug-likeness (QED) is 0.299. The average molecular weight is 425 g/mol. The lowest BCUT2D eigenvalue weighted by Crippen LogP contribution is -2.11. The van der Waals surface area contributed by atoms with Crippen LogP contribution in [-0.2, 0) is 32.1 Å². The van der Waals surface area contributed by atoms with E-state index in [1.807, 2.05) is 13.0 Å². The third-order valence-electron chi connectivity index (χ3n) is 5.92. The van der Waals surface area contributed by atoms with Crippen LogP contribution in [0.1, 0.15) is 60.1 Å². The summed E-state index contributed by atoms with van der Waals surface area (Å²) in [5.74, 6) is -2.57. The molecule has 3 aromatic carbocycles. The summed E-state index contributed by atoms with van der Waals surface area (Å²) < 4.78 is 49.8. The van der Waals surface area contributed by atoms with E-state index in [0.29, 0.717) is 54.4 Å². The first kappa shape index (κ1) is 21.5. The van der Waals surface area contributed by atoms with Crippen LogP contribution in [0.5, 0.6) is 11.5 Å². The van der Waals surface area contributed by atoms with Gasteiger partial charge in [-0.3, -0.25) is 0 Å². The second-order valence-corrected chi connectivity index (χ2v) is 8.27. The molecule has 0 unspecified atom stereocenters. The molecule has 4 heteroatoms. The predicted octanol–water partition coefficient (Wildman–Crippen LogP) is 7.49. The van der Waals surface area contributed by atoms with Gasteiger partial charge in [0, 0.05) is 17.5 Å². The highest BCUT2D eigenvalue weighted by atomic mass is 19.2. The fraction of sp³-hybridized carbons (Fsp3) is 0.333. The Morgan fingerprint density at radius 2 is 1.29 bits per heavy atom. The van der Waals surface area contributed by atoms with Crippen LogP contribution >= 0.6 is 0 Å². The minimum atomic E-state index is -1.02. The minimum Gasteiger partial charge on any atom is -0.450 e. The molecule has 1 aliphatic heterocycles. The topological polar surface area (TPSA) is 9.23 Å². The molecule has 0 bridgehead atoms. The highest BCUT2D eigenvalue weighted by molar-refractivity contribution is 5.53. The van der Waals surface area contributed by atoms with Gasteiger partial charge in [-0.25, -0.2) is 8.78 Å². The number of ether oxygens (including phenoxy) is 1. The van der Waals surface area contributed by atoms with E-state index in [1.165, 1.54) is 5.56 Å². The summed E-state index contributed by atoms with van der Waals surface area (Å²) in [6, 6.07) is 13.7. The van der Waals surface area contributed by atoms with Crippen LogP contribution in [0, 0.1) is 17.5 Å². The van der Waals surface area contributed by atoms with E-state index in [-0.39, 0.29) is 11.5 Å². The molecule has 1 nitrogen and oxygen atoms in total. The molecule has 0 atom stereocenters. The van der Waals surface area contributed by atoms with Crippen molar-refractivity contribution < 1.29 is 17.9 Å². The van der Waals surface area contributed by atoms with E-state index in [1.54, 1.807) is 12.1 Å². The van der Waals surface area contributed by atoms with Gasteiger partial charge in [-0.15, -0.1) is 0 Å². The Kier molecular flexibility index (Phi) is 6.35. The SMILES string of the molecule is CCCc1ccc(CCc2ccc3c(c2F)Oc2c(cc(CCC)c(F)c2F)C3)cc1. The Labute approximate surface area is 181 Å². The van der Waals surface area contributed by atoms with Crippen LogP contribution in [0.2, 0.25) is 0 Å². The van der Waals surface area contributed by atoms with E-state index < -0.39 is 17.5 Å². The first-order chi connectivity index (χ1) is 15.0. The summed E-state index contributed by atoms with van der Waals surface area (Å²) in [7, 11) is 0. The van der Waals surface area contributed by atoms with Crippen molar-refractivity contribution >= 4 is 0 Å². The summed E-state index contributed by atoms with van der Waals surface area (Å²) in [5, 5.41) is 0. The van der Waals surface area contributed by atoms with Gasteiger partial charge in [0.2, 0.25) is 5.82 Å². The van der Waals surface area contributed by atoms with Gasteiger partial charge in [0.1, 0.15) is 0 Å². The van der Waals surface area contributed by atoms with Crippen LogP contribution < -0.4 is 4.74 Å². The van der Waals surface area contributed by atoms with Crippen LogP contribution in [0.25, 0.3) is 0 Å². The van der Waals surface area contributed by atoms with Crippen LogP contribution in [0.4, 0.5) is 13.2 Å². The molecule has 4 rings (SSSR count). The molecule has 0 fully saturated rings. The molecule has 1 heterocycles. The molecule has 0 aromatic heterocycles. The molecule has 0 N–H and O–H groups in total. The van der Waals surface area contributed by atoms with Crippen molar-refractivity contribution in [3.05, 3.63) is 93.3 Å². The fourth-order valence-electron chi connectivity index (χ4n) is 4.24. The van der Waals surface area contributed by atoms with Gasteiger partial charge in [-0.2, -0.15) is 4.39 Å². The Balaban J connectivity index is 1.55. The Bertz CT molecular complexity index is 1090. The van der Waals surface area contributed by atoms with Crippen molar-refractivity contribution in [3.63, 3.8) is 0 Å². The van der Waals surface area contributed by atoms with E-state index in [2.05, 4.69) is 31.2 Å². The van der Waals surface area contributed by atoms with Gasteiger partial charge in [0.05, 0.1) is 0 Å². The lowest BCUT2D eigenvalue weighted by atomic mass is 9.94. The first-order valence-corrected chi connectivity index (χ1v) is 11.1. The summed E-state index contributed by atoms with van der Waals surface area (Å²) in [6.07, 6.45) is 4.86. The van der Waals surface area contributed by atoms with Crippen molar-refractivity contribution in [2.24, 2.45) is 0 Å². The number of aryl methyl sites for hydroxylation is 4. The monoisotopic (exact) mass is 424 g/mol. The maximum atomic E-state index is 15.2. The Morgan fingerprint density at radius 1 is 0.645 bits per heavy atom. The molecule has 0 saturated heterocycles. The van der Waals surface area contributed by atoms with Gasteiger partial charge in [-0.05, 0) is 54.0 Å². The van der Waals surface area contributed by atoms with Crippen LogP contribution in [0.3, 0.4) is 0 Å². The molecule has 3 aromatic rings. The minimum absolute atomic E-state index is 0.0184. The number of fused-ring (bicyclic) bond motifs is 2. The molecule has 0 amide bonds. The number of hydrogen-bond acceptors (Lipinski definition) is 1. The highest BCUT2D eigenvalue weighted by Gasteiger charge is 2.28. The summed E-state index contributed by atoms with van der Waals surface area (Å²) >= 11 is 0. The third kappa shape index (κ3) is 4.34. The van der Waals surface area contributed by atoms with E-state index in [0.717, 1.165) is 18.4 Å². The zero-order chi connectivity index (χ0) is 22.0. The Morgan fingerprint density at radius 3 is 1.97 bits per heavy atom. The van der Waals surface area contributed by atoms with E-state index in [9.17, 15) is 8.78 Å². The maximum Gasteiger partial charge on any atom is 0.201 e. The van der Waals surface area contributed by atoms with Gasteiger partial charge in [0.15, 0.2) is 23.1 Å². The largest absolute Gasteiger partial charge is 0.450 e. The molecule has 0 spiro atoms. The lowest BCUT2D eigenvalue weighted by molar-refractivity contribution is 0.377. The zero-order valence-electron chi connectivity index (χ0n) is 18.0. The summed E-state index contributed by atoms with van der Waals surface area (Å²) in [6.45, 7) is 4.07. The lowest BCUT2D eigenvalue weighted by Gasteiger charge is -2.23. The van der Waals surface area contributed by atoms with Crippen LogP contribution in [0.15, 0.2) is 42.5 Å². The highest BCUT2D eigenvalue weighted by Crippen LogP contribution is 2.42. The summed E-state index contributed by atoms with van der Waals surface area (Å²) in [4.78, 5) is 0. The number of rotatable bonds is 7. The molecule has 0 radical (unpaired) electrons. The molecule has 0 aliphatic carbocycles. The predicted molar refractivity (Wildman–Crippen MR) is 117 cm³/mol. The van der Waals surface area contributed by atoms with Gasteiger partial charge < -0.3 is 4.74 Å². The molecule has 162 valence electrons. The standard InChI is InChI=1S/C27H27F3O/c1-3-5-17-7-9-18(10-8-17)11-12-19-13-14-21-16-22-15-20(6-4-2)23(28)25(30)27(22)31-26(21)24(19)29/h7-10,13-15H,3-6,11-12,16H2,1-2H3. The molecule has 31 heavy (non-hydrogen) atoms. The first-order valence-electron chi connectivity index (χ1n) is 11.1. The van der Waals surface area contributed by atoms with Gasteiger partial charge in [0.25, 0.3) is 0 Å². The fourth-order valence-corrected chi connectivity index (χ4v) is 4.24. The van der Waals surface area contributed by atoms with Crippen molar-refractivity contribution in [2.75, 3.05) is 0 Å². The molecule has 0 saturated carbocycles. The average Bonchev–Trinajstić information content (AvgIpc) is 2.77. The van der Waals surface area contributed by atoms with Crippen molar-refractivity contribution in [3.8, 4) is 11.5 Å². The molecular formula is C27H27F3O. The second-order valence-electron chi connectivity index (χ2n) is 8.27. The third-order valence-corrected chi connectivity index (χ3v) is 5.92. The van der Waals surface area contributed by atoms with Crippen molar-refractivity contribution in [1.82, 2.24) is 0 Å². The van der Waals surface area contributed by atoms with E-state index >= 15 is 4.39 Å². The van der Waals surface area contributed by atoms with Gasteiger partial charge >= 0.3 is 0 Å². The Hall–Kier alpha value is -2.75. The normalized spacial score (nSPS) is 12.3. The smallest absolute Gasteiger partial charge is 0.201 e. The molecular weight excluding hydrogens is 397 g/mol. The summed E-state index contributed by atoms with van der Waals surface area (Å²) in [5.41, 5.74) is 4.52. The number of benzene rings is 3. The number of hydrogen-bond donors (Lipinski definition) is 0. The maximum absolute atomic E-state index is 15.2. The van der Waals surface area contributed by atoms with Crippen molar-refractivity contribution in [2.45, 2.75) is 58.8 Å². The molecule has 1 aliphatic rings. The van der Waals surface area contributed by atoms with Crippen molar-refractivity contribution in [1.29, 1.82) is 0 Å². The second kappa shape index (κ2) is 9.17. The van der Waals surface area contributed by atoms with Crippen LogP contribution in [-0.4, -0.2) is 0 Å².